The molecule has 0 aliphatic rings. The van der Waals surface area contributed by atoms with Crippen LogP contribution in [0.4, 0.5) is 10.1 Å². The molecular weight excluding hydrogens is 263 g/mol. The van der Waals surface area contributed by atoms with Crippen molar-refractivity contribution in [3.63, 3.8) is 0 Å². The maximum absolute atomic E-state index is 13.2. The van der Waals surface area contributed by atoms with Gasteiger partial charge in [0.25, 0.3) is 0 Å². The third-order valence-corrected chi connectivity index (χ3v) is 2.50. The average molecular weight is 278 g/mol. The Hall–Kier alpha value is -2.42. The Morgan fingerprint density at radius 1 is 1.40 bits per heavy atom. The first-order valence-corrected chi connectivity index (χ1v) is 6.17. The van der Waals surface area contributed by atoms with E-state index in [9.17, 15) is 14.0 Å². The Labute approximate surface area is 116 Å². The van der Waals surface area contributed by atoms with E-state index in [-0.39, 0.29) is 26.0 Å². The number of esters is 1. The average Bonchev–Trinajstić information content (AvgIpc) is 2.42. The van der Waals surface area contributed by atoms with Crippen molar-refractivity contribution in [2.45, 2.75) is 19.8 Å². The molecule has 0 radical (unpaired) electrons. The van der Waals surface area contributed by atoms with Crippen molar-refractivity contribution >= 4 is 17.6 Å². The zero-order chi connectivity index (χ0) is 15.0. The lowest BCUT2D eigenvalue weighted by Gasteiger charge is -2.19. The van der Waals surface area contributed by atoms with Crippen molar-refractivity contribution in [1.82, 2.24) is 0 Å². The Balaban J connectivity index is 2.73. The Morgan fingerprint density at radius 2 is 2.15 bits per heavy atom. The molecule has 106 valence electrons. The normalized spacial score (nSPS) is 9.65. The molecule has 20 heavy (non-hydrogen) atoms. The van der Waals surface area contributed by atoms with Gasteiger partial charge in [-0.1, -0.05) is 6.07 Å². The molecule has 1 aromatic carbocycles. The van der Waals surface area contributed by atoms with Crippen LogP contribution in [-0.4, -0.2) is 25.0 Å². The van der Waals surface area contributed by atoms with Gasteiger partial charge in [-0.05, 0) is 25.1 Å². The number of nitriles is 1. The Kier molecular flexibility index (Phi) is 6.17. The number of benzene rings is 1. The topological polar surface area (TPSA) is 70.4 Å². The molecule has 0 spiro atoms. The maximum atomic E-state index is 13.2. The Bertz CT molecular complexity index is 525. The summed E-state index contributed by atoms with van der Waals surface area (Å²) in [6.07, 6.45) is -0.152. The molecule has 0 atom stereocenters. The molecule has 0 N–H and O–H groups in total. The summed E-state index contributed by atoms with van der Waals surface area (Å²) in [7, 11) is 0. The molecule has 0 aromatic heterocycles. The van der Waals surface area contributed by atoms with Gasteiger partial charge in [-0.3, -0.25) is 14.5 Å². The summed E-state index contributed by atoms with van der Waals surface area (Å²) in [4.78, 5) is 24.3. The maximum Gasteiger partial charge on any atom is 0.306 e. The fourth-order valence-electron chi connectivity index (χ4n) is 1.62. The fraction of sp³-hybridized carbons (Fsp3) is 0.357. The first kappa shape index (κ1) is 15.6. The highest BCUT2D eigenvalue weighted by Crippen LogP contribution is 2.16. The lowest BCUT2D eigenvalue weighted by molar-refractivity contribution is -0.144. The van der Waals surface area contributed by atoms with Crippen LogP contribution in [0.5, 0.6) is 0 Å². The first-order chi connectivity index (χ1) is 9.58. The van der Waals surface area contributed by atoms with E-state index in [1.54, 1.807) is 6.92 Å². The van der Waals surface area contributed by atoms with E-state index < -0.39 is 17.7 Å². The molecule has 1 rings (SSSR count). The number of hydrogen-bond donors (Lipinski definition) is 0. The molecule has 0 heterocycles. The van der Waals surface area contributed by atoms with Gasteiger partial charge in [0, 0.05) is 12.1 Å². The zero-order valence-corrected chi connectivity index (χ0v) is 11.1. The SMILES string of the molecule is CCOC(=O)CCC(=O)N(CC#N)c1cccc(F)c1. The quantitative estimate of drug-likeness (QED) is 0.589. The van der Waals surface area contributed by atoms with Crippen LogP contribution in [0.1, 0.15) is 19.8 Å². The summed E-state index contributed by atoms with van der Waals surface area (Å²) in [6.45, 7) is 1.72. The molecule has 1 amide bonds. The minimum Gasteiger partial charge on any atom is -0.466 e. The molecule has 0 fully saturated rings. The van der Waals surface area contributed by atoms with Crippen LogP contribution in [0.15, 0.2) is 24.3 Å². The highest BCUT2D eigenvalue weighted by atomic mass is 19.1. The molecule has 0 aliphatic heterocycles. The molecule has 5 nitrogen and oxygen atoms in total. The third-order valence-electron chi connectivity index (χ3n) is 2.50. The summed E-state index contributed by atoms with van der Waals surface area (Å²) in [5.74, 6) is -1.40. The van der Waals surface area contributed by atoms with Crippen LogP contribution in [0.25, 0.3) is 0 Å². The van der Waals surface area contributed by atoms with Crippen molar-refractivity contribution in [1.29, 1.82) is 5.26 Å². The number of ether oxygens (including phenoxy) is 1. The van der Waals surface area contributed by atoms with E-state index >= 15 is 0 Å². The Morgan fingerprint density at radius 3 is 2.75 bits per heavy atom. The number of nitrogens with zero attached hydrogens (tertiary/aromatic N) is 2. The van der Waals surface area contributed by atoms with E-state index in [4.69, 9.17) is 10.00 Å². The predicted molar refractivity (Wildman–Crippen MR) is 70.2 cm³/mol. The first-order valence-electron chi connectivity index (χ1n) is 6.17. The predicted octanol–water partition coefficient (Wildman–Crippen LogP) is 2.03. The zero-order valence-electron chi connectivity index (χ0n) is 11.1. The minimum absolute atomic E-state index is 0.0656. The van der Waals surface area contributed by atoms with Gasteiger partial charge < -0.3 is 4.74 Å². The summed E-state index contributed by atoms with van der Waals surface area (Å²) in [5.41, 5.74) is 0.292. The number of carbonyl (C=O) groups is 2. The smallest absolute Gasteiger partial charge is 0.306 e. The molecule has 0 saturated heterocycles. The second kappa shape index (κ2) is 7.89. The van der Waals surface area contributed by atoms with Crippen LogP contribution in [0.3, 0.4) is 0 Å². The van der Waals surface area contributed by atoms with Crippen molar-refractivity contribution in [2.75, 3.05) is 18.1 Å². The number of carbonyl (C=O) groups excluding carboxylic acids is 2. The van der Waals surface area contributed by atoms with Gasteiger partial charge in [0.1, 0.15) is 12.4 Å². The van der Waals surface area contributed by atoms with Crippen LogP contribution in [-0.2, 0) is 14.3 Å². The van der Waals surface area contributed by atoms with Gasteiger partial charge in [0.15, 0.2) is 0 Å². The number of anilines is 1. The van der Waals surface area contributed by atoms with Gasteiger partial charge >= 0.3 is 5.97 Å². The van der Waals surface area contributed by atoms with E-state index in [1.807, 2.05) is 6.07 Å². The van der Waals surface area contributed by atoms with Crippen LogP contribution >= 0.6 is 0 Å². The second-order valence-corrected chi connectivity index (χ2v) is 3.92. The standard InChI is InChI=1S/C14H15FN2O3/c1-2-20-14(19)7-6-13(18)17(9-8-16)12-5-3-4-11(15)10-12/h3-5,10H,2,6-7,9H2,1H3. The van der Waals surface area contributed by atoms with Gasteiger partial charge in [-0.15, -0.1) is 0 Å². The fourth-order valence-corrected chi connectivity index (χ4v) is 1.62. The van der Waals surface area contributed by atoms with E-state index in [1.165, 1.54) is 24.3 Å². The molecule has 1 aromatic rings. The third kappa shape index (κ3) is 4.69. The summed E-state index contributed by atoms with van der Waals surface area (Å²) in [5, 5.41) is 8.75. The monoisotopic (exact) mass is 278 g/mol. The molecule has 0 aliphatic carbocycles. The van der Waals surface area contributed by atoms with Gasteiger partial charge in [0.2, 0.25) is 5.91 Å². The molecule has 0 saturated carbocycles. The van der Waals surface area contributed by atoms with Crippen molar-refractivity contribution in [2.24, 2.45) is 0 Å². The summed E-state index contributed by atoms with van der Waals surface area (Å²) in [6, 6.07) is 7.24. The number of halogens is 1. The molecular formula is C14H15FN2O3. The number of amides is 1. The lowest BCUT2D eigenvalue weighted by atomic mass is 10.2. The number of hydrogen-bond acceptors (Lipinski definition) is 4. The lowest BCUT2D eigenvalue weighted by Crippen LogP contribution is -2.31. The van der Waals surface area contributed by atoms with E-state index in [0.717, 1.165) is 4.90 Å². The van der Waals surface area contributed by atoms with Crippen molar-refractivity contribution in [3.05, 3.63) is 30.1 Å². The minimum atomic E-state index is -0.497. The van der Waals surface area contributed by atoms with Crippen molar-refractivity contribution in [3.8, 4) is 6.07 Å². The van der Waals surface area contributed by atoms with Crippen LogP contribution < -0.4 is 4.90 Å². The van der Waals surface area contributed by atoms with E-state index in [2.05, 4.69) is 0 Å². The van der Waals surface area contributed by atoms with Crippen LogP contribution in [0, 0.1) is 17.1 Å². The van der Waals surface area contributed by atoms with Gasteiger partial charge in [-0.25, -0.2) is 4.39 Å². The van der Waals surface area contributed by atoms with E-state index in [0.29, 0.717) is 5.69 Å². The second-order valence-electron chi connectivity index (χ2n) is 3.92. The summed E-state index contributed by atoms with van der Waals surface area (Å²) >= 11 is 0. The van der Waals surface area contributed by atoms with Gasteiger partial charge in [-0.2, -0.15) is 5.26 Å². The molecule has 0 bridgehead atoms. The van der Waals surface area contributed by atoms with Crippen molar-refractivity contribution < 1.29 is 18.7 Å². The van der Waals surface area contributed by atoms with Crippen LogP contribution in [0.2, 0.25) is 0 Å². The summed E-state index contributed by atoms with van der Waals surface area (Å²) < 4.78 is 17.9. The largest absolute Gasteiger partial charge is 0.466 e. The highest BCUT2D eigenvalue weighted by Gasteiger charge is 2.17. The van der Waals surface area contributed by atoms with Gasteiger partial charge in [0.05, 0.1) is 19.1 Å². The highest BCUT2D eigenvalue weighted by molar-refractivity contribution is 5.95. The molecule has 6 heteroatoms. The number of rotatable bonds is 6. The molecule has 0 unspecified atom stereocenters.